The van der Waals surface area contributed by atoms with E-state index in [4.69, 9.17) is 10.5 Å². The van der Waals surface area contributed by atoms with Crippen LogP contribution < -0.4 is 5.73 Å². The number of ether oxygens (including phenoxy) is 1. The molecular weight excluding hydrogens is 274 g/mol. The summed E-state index contributed by atoms with van der Waals surface area (Å²) in [6.07, 6.45) is 1.06. The predicted molar refractivity (Wildman–Crippen MR) is 76.7 cm³/mol. The highest BCUT2D eigenvalue weighted by atomic mass is 16.6. The van der Waals surface area contributed by atoms with E-state index < -0.39 is 5.60 Å². The summed E-state index contributed by atoms with van der Waals surface area (Å²) in [5.74, 6) is -0.200. The van der Waals surface area contributed by atoms with E-state index in [1.165, 1.54) is 6.20 Å². The van der Waals surface area contributed by atoms with Crippen LogP contribution in [0.2, 0.25) is 0 Å². The molecule has 0 unspecified atom stereocenters. The van der Waals surface area contributed by atoms with Crippen LogP contribution in [0.1, 0.15) is 31.3 Å². The Kier molecular flexibility index (Phi) is 4.06. The number of carbonyl (C=O) groups is 2. The Morgan fingerprint density at radius 3 is 2.29 bits per heavy atom. The topological polar surface area (TPSA) is 105 Å². The van der Waals surface area contributed by atoms with Crippen molar-refractivity contribution in [3.8, 4) is 0 Å². The van der Waals surface area contributed by atoms with Gasteiger partial charge >= 0.3 is 6.09 Å². The fourth-order valence-corrected chi connectivity index (χ4v) is 2.04. The number of rotatable bonds is 1. The van der Waals surface area contributed by atoms with E-state index in [-0.39, 0.29) is 12.0 Å². The fourth-order valence-electron chi connectivity index (χ4n) is 2.04. The number of carbonyl (C=O) groups excluding carboxylic acids is 2. The van der Waals surface area contributed by atoms with Crippen LogP contribution in [0.15, 0.2) is 6.20 Å². The molecule has 8 heteroatoms. The maximum absolute atomic E-state index is 12.2. The minimum absolute atomic E-state index is 0.200. The van der Waals surface area contributed by atoms with Gasteiger partial charge in [0.15, 0.2) is 0 Å². The lowest BCUT2D eigenvalue weighted by molar-refractivity contribution is 0.0140. The molecule has 1 aliphatic heterocycles. The van der Waals surface area contributed by atoms with Gasteiger partial charge in [-0.05, 0) is 20.8 Å². The Morgan fingerprint density at radius 1 is 1.24 bits per heavy atom. The van der Waals surface area contributed by atoms with Gasteiger partial charge in [-0.1, -0.05) is 0 Å². The molecule has 1 saturated heterocycles. The summed E-state index contributed by atoms with van der Waals surface area (Å²) in [5.41, 5.74) is 5.77. The van der Waals surface area contributed by atoms with Crippen molar-refractivity contribution in [2.45, 2.75) is 26.4 Å². The molecule has 1 fully saturated rings. The summed E-state index contributed by atoms with van der Waals surface area (Å²) in [5, 5.41) is 6.34. The van der Waals surface area contributed by atoms with E-state index in [0.717, 1.165) is 0 Å². The molecule has 1 aromatic heterocycles. The highest BCUT2D eigenvalue weighted by Crippen LogP contribution is 2.14. The van der Waals surface area contributed by atoms with Crippen LogP contribution in [0.3, 0.4) is 0 Å². The molecule has 2 amide bonds. The first kappa shape index (κ1) is 15.1. The molecule has 21 heavy (non-hydrogen) atoms. The van der Waals surface area contributed by atoms with Gasteiger partial charge in [0.05, 0.1) is 11.9 Å². The first-order chi connectivity index (χ1) is 9.78. The number of nitrogen functional groups attached to an aromatic ring is 1. The minimum atomic E-state index is -0.519. The van der Waals surface area contributed by atoms with E-state index in [1.54, 1.807) is 9.80 Å². The Balaban J connectivity index is 1.90. The molecule has 0 radical (unpaired) electrons. The van der Waals surface area contributed by atoms with Gasteiger partial charge in [-0.2, -0.15) is 5.10 Å². The summed E-state index contributed by atoms with van der Waals surface area (Å²) in [6.45, 7) is 7.24. The van der Waals surface area contributed by atoms with Crippen LogP contribution in [-0.2, 0) is 4.74 Å². The molecule has 0 aromatic carbocycles. The minimum Gasteiger partial charge on any atom is -0.444 e. The highest BCUT2D eigenvalue weighted by molar-refractivity contribution is 5.97. The van der Waals surface area contributed by atoms with Gasteiger partial charge in [-0.25, -0.2) is 4.79 Å². The highest BCUT2D eigenvalue weighted by Gasteiger charge is 2.29. The lowest BCUT2D eigenvalue weighted by Crippen LogP contribution is -2.51. The number of piperazine rings is 1. The fraction of sp³-hybridized carbons (Fsp3) is 0.615. The Labute approximate surface area is 123 Å². The van der Waals surface area contributed by atoms with E-state index in [0.29, 0.717) is 37.6 Å². The van der Waals surface area contributed by atoms with Crippen molar-refractivity contribution in [3.05, 3.63) is 11.9 Å². The molecule has 0 bridgehead atoms. The molecule has 1 aromatic rings. The number of hydrogen-bond donors (Lipinski definition) is 2. The van der Waals surface area contributed by atoms with Crippen LogP contribution >= 0.6 is 0 Å². The number of nitrogens with one attached hydrogen (secondary N) is 1. The third-order valence-electron chi connectivity index (χ3n) is 3.10. The normalized spacial score (nSPS) is 16.0. The molecule has 3 N–H and O–H groups in total. The standard InChI is InChI=1S/C13H21N5O3/c1-13(2,3)21-12(20)18-6-4-17(5-7-18)11(19)10-9(14)8-15-16-10/h8H,4-7,14H2,1-3H3,(H,15,16). The number of aromatic amines is 1. The van der Waals surface area contributed by atoms with E-state index >= 15 is 0 Å². The lowest BCUT2D eigenvalue weighted by Gasteiger charge is -2.35. The number of nitrogens with zero attached hydrogens (tertiary/aromatic N) is 3. The maximum Gasteiger partial charge on any atom is 0.410 e. The Hall–Kier alpha value is -2.25. The van der Waals surface area contributed by atoms with Crippen LogP contribution in [0.5, 0.6) is 0 Å². The number of nitrogens with two attached hydrogens (primary N) is 1. The number of amides is 2. The van der Waals surface area contributed by atoms with Crippen LogP contribution in [-0.4, -0.2) is 63.8 Å². The summed E-state index contributed by atoms with van der Waals surface area (Å²) in [4.78, 5) is 27.4. The third kappa shape index (κ3) is 3.65. The van der Waals surface area contributed by atoms with Gasteiger partial charge < -0.3 is 20.3 Å². The van der Waals surface area contributed by atoms with Gasteiger partial charge in [0.25, 0.3) is 5.91 Å². The molecule has 116 valence electrons. The molecule has 0 spiro atoms. The van der Waals surface area contributed by atoms with Crippen molar-refractivity contribution in [2.75, 3.05) is 31.9 Å². The first-order valence-electron chi connectivity index (χ1n) is 6.84. The number of anilines is 1. The average molecular weight is 295 g/mol. The molecule has 1 aliphatic rings. The average Bonchev–Trinajstić information content (AvgIpc) is 2.82. The molecule has 2 heterocycles. The quantitative estimate of drug-likeness (QED) is 0.793. The van der Waals surface area contributed by atoms with Crippen molar-refractivity contribution >= 4 is 17.7 Å². The van der Waals surface area contributed by atoms with Crippen LogP contribution in [0, 0.1) is 0 Å². The Bertz CT molecular complexity index is 526. The number of H-pyrrole nitrogens is 1. The zero-order valence-corrected chi connectivity index (χ0v) is 12.5. The van der Waals surface area contributed by atoms with Crippen molar-refractivity contribution in [1.82, 2.24) is 20.0 Å². The van der Waals surface area contributed by atoms with Crippen molar-refractivity contribution in [2.24, 2.45) is 0 Å². The summed E-state index contributed by atoms with van der Waals surface area (Å²) < 4.78 is 5.31. The van der Waals surface area contributed by atoms with Gasteiger partial charge in [0, 0.05) is 26.2 Å². The smallest absolute Gasteiger partial charge is 0.410 e. The second-order valence-corrected chi connectivity index (χ2v) is 5.96. The predicted octanol–water partition coefficient (Wildman–Crippen LogP) is 0.685. The van der Waals surface area contributed by atoms with Gasteiger partial charge in [-0.15, -0.1) is 0 Å². The third-order valence-corrected chi connectivity index (χ3v) is 3.10. The second kappa shape index (κ2) is 5.63. The summed E-state index contributed by atoms with van der Waals surface area (Å²) in [6, 6.07) is 0. The Morgan fingerprint density at radius 2 is 1.81 bits per heavy atom. The largest absolute Gasteiger partial charge is 0.444 e. The monoisotopic (exact) mass is 295 g/mol. The van der Waals surface area contributed by atoms with E-state index in [9.17, 15) is 9.59 Å². The molecule has 8 nitrogen and oxygen atoms in total. The van der Waals surface area contributed by atoms with E-state index in [2.05, 4.69) is 10.2 Å². The molecule has 0 saturated carbocycles. The van der Waals surface area contributed by atoms with Gasteiger partial charge in [-0.3, -0.25) is 9.89 Å². The number of aromatic nitrogens is 2. The lowest BCUT2D eigenvalue weighted by atomic mass is 10.2. The first-order valence-corrected chi connectivity index (χ1v) is 6.84. The van der Waals surface area contributed by atoms with Crippen molar-refractivity contribution in [3.63, 3.8) is 0 Å². The van der Waals surface area contributed by atoms with Gasteiger partial charge in [0.2, 0.25) is 0 Å². The summed E-state index contributed by atoms with van der Waals surface area (Å²) >= 11 is 0. The van der Waals surface area contributed by atoms with Crippen molar-refractivity contribution in [1.29, 1.82) is 0 Å². The maximum atomic E-state index is 12.2. The van der Waals surface area contributed by atoms with E-state index in [1.807, 2.05) is 20.8 Å². The SMILES string of the molecule is CC(C)(C)OC(=O)N1CCN(C(=O)c2[nH]ncc2N)CC1. The van der Waals surface area contributed by atoms with Crippen LogP contribution in [0.4, 0.5) is 10.5 Å². The number of hydrogen-bond acceptors (Lipinski definition) is 5. The van der Waals surface area contributed by atoms with Crippen molar-refractivity contribution < 1.29 is 14.3 Å². The zero-order valence-electron chi connectivity index (χ0n) is 12.5. The second-order valence-electron chi connectivity index (χ2n) is 5.96. The molecule has 0 atom stereocenters. The summed E-state index contributed by atoms with van der Waals surface area (Å²) in [7, 11) is 0. The zero-order chi connectivity index (χ0) is 15.6. The van der Waals surface area contributed by atoms with Crippen LogP contribution in [0.25, 0.3) is 0 Å². The molecule has 2 rings (SSSR count). The van der Waals surface area contributed by atoms with Gasteiger partial charge in [0.1, 0.15) is 11.3 Å². The molecule has 0 aliphatic carbocycles. The molecular formula is C13H21N5O3.